The van der Waals surface area contributed by atoms with E-state index in [4.69, 9.17) is 10.5 Å². The molecule has 0 aliphatic heterocycles. The van der Waals surface area contributed by atoms with Gasteiger partial charge in [-0.05, 0) is 50.1 Å². The van der Waals surface area contributed by atoms with E-state index in [-0.39, 0.29) is 11.6 Å². The third kappa shape index (κ3) is 3.09. The molecule has 1 aromatic heterocycles. The van der Waals surface area contributed by atoms with Crippen molar-refractivity contribution < 1.29 is 9.13 Å². The van der Waals surface area contributed by atoms with Crippen LogP contribution in [0.2, 0.25) is 0 Å². The number of halogens is 1. The average Bonchev–Trinajstić information content (AvgIpc) is 2.38. The molecule has 0 aliphatic carbocycles. The third-order valence-corrected chi connectivity index (χ3v) is 2.88. The fraction of sp³-hybridized carbons (Fsp3) is 0.267. The predicted octanol–water partition coefficient (Wildman–Crippen LogP) is 3.13. The molecule has 2 aromatic rings. The molecule has 4 heteroatoms. The van der Waals surface area contributed by atoms with Gasteiger partial charge in [0.15, 0.2) is 11.6 Å². The number of nitrogens with zero attached hydrogens (tertiary/aromatic N) is 1. The van der Waals surface area contributed by atoms with Crippen molar-refractivity contribution in [2.75, 3.05) is 6.54 Å². The Hall–Kier alpha value is -1.94. The fourth-order valence-electron chi connectivity index (χ4n) is 1.83. The van der Waals surface area contributed by atoms with Crippen molar-refractivity contribution in [1.82, 2.24) is 4.98 Å². The smallest absolute Gasteiger partial charge is 0.222 e. The van der Waals surface area contributed by atoms with Gasteiger partial charge in [0.1, 0.15) is 0 Å². The molecule has 0 spiro atoms. The van der Waals surface area contributed by atoms with Crippen LogP contribution >= 0.6 is 0 Å². The predicted molar refractivity (Wildman–Crippen MR) is 72.9 cm³/mol. The summed E-state index contributed by atoms with van der Waals surface area (Å²) in [6.45, 7) is 4.16. The Balaban J connectivity index is 2.26. The first-order chi connectivity index (χ1) is 9.11. The van der Waals surface area contributed by atoms with E-state index in [0.29, 0.717) is 18.0 Å². The summed E-state index contributed by atoms with van der Waals surface area (Å²) in [5.41, 5.74) is 7.97. The molecule has 1 heterocycles. The number of aromatic nitrogens is 1. The van der Waals surface area contributed by atoms with E-state index in [1.807, 2.05) is 13.0 Å². The van der Waals surface area contributed by atoms with E-state index < -0.39 is 0 Å². The number of pyridine rings is 1. The van der Waals surface area contributed by atoms with E-state index in [1.165, 1.54) is 0 Å². The summed E-state index contributed by atoms with van der Waals surface area (Å²) in [5.74, 6) is 0.266. The Kier molecular flexibility index (Phi) is 4.12. The van der Waals surface area contributed by atoms with Gasteiger partial charge in [0.2, 0.25) is 5.88 Å². The third-order valence-electron chi connectivity index (χ3n) is 2.88. The van der Waals surface area contributed by atoms with Crippen LogP contribution in [-0.4, -0.2) is 11.5 Å². The molecule has 2 N–H and O–H groups in total. The number of hydrogen-bond donors (Lipinski definition) is 1. The molecule has 2 rings (SSSR count). The highest BCUT2D eigenvalue weighted by Crippen LogP contribution is 2.27. The number of ether oxygens (including phenoxy) is 1. The van der Waals surface area contributed by atoms with Gasteiger partial charge in [0.05, 0.1) is 0 Å². The van der Waals surface area contributed by atoms with Crippen LogP contribution in [0.15, 0.2) is 30.5 Å². The maximum absolute atomic E-state index is 13.8. The zero-order chi connectivity index (χ0) is 13.8. The van der Waals surface area contributed by atoms with Gasteiger partial charge in [-0.1, -0.05) is 12.1 Å². The van der Waals surface area contributed by atoms with Crippen LogP contribution in [0.3, 0.4) is 0 Å². The van der Waals surface area contributed by atoms with Crippen LogP contribution in [0.25, 0.3) is 0 Å². The van der Waals surface area contributed by atoms with Gasteiger partial charge < -0.3 is 10.5 Å². The highest BCUT2D eigenvalue weighted by molar-refractivity contribution is 5.36. The second-order valence-corrected chi connectivity index (χ2v) is 4.49. The molecule has 0 fully saturated rings. The van der Waals surface area contributed by atoms with Crippen LogP contribution in [0, 0.1) is 19.7 Å². The Morgan fingerprint density at radius 3 is 2.74 bits per heavy atom. The van der Waals surface area contributed by atoms with Crippen molar-refractivity contribution in [3.8, 4) is 11.6 Å². The number of rotatable bonds is 4. The highest BCUT2D eigenvalue weighted by atomic mass is 19.1. The number of nitrogens with two attached hydrogens (primary N) is 1. The molecule has 0 saturated heterocycles. The van der Waals surface area contributed by atoms with Gasteiger partial charge in [-0.25, -0.2) is 9.37 Å². The van der Waals surface area contributed by atoms with Gasteiger partial charge in [-0.2, -0.15) is 0 Å². The minimum atomic E-state index is -0.352. The summed E-state index contributed by atoms with van der Waals surface area (Å²) in [5, 5.41) is 0. The monoisotopic (exact) mass is 260 g/mol. The van der Waals surface area contributed by atoms with Gasteiger partial charge in [-0.3, -0.25) is 0 Å². The van der Waals surface area contributed by atoms with E-state index in [2.05, 4.69) is 4.98 Å². The van der Waals surface area contributed by atoms with Crippen LogP contribution in [0.5, 0.6) is 11.6 Å². The standard InChI is InChI=1S/C15H17FN2O/c1-10-4-3-5-13(14(10)16)19-15-11(2)8-12(6-7-17)9-18-15/h3-5,8-9H,6-7,17H2,1-2H3. The molecule has 100 valence electrons. The van der Waals surface area contributed by atoms with E-state index in [0.717, 1.165) is 17.5 Å². The van der Waals surface area contributed by atoms with E-state index in [1.54, 1.807) is 31.3 Å². The zero-order valence-corrected chi connectivity index (χ0v) is 11.1. The summed E-state index contributed by atoms with van der Waals surface area (Å²) in [4.78, 5) is 4.22. The Morgan fingerprint density at radius 2 is 2.05 bits per heavy atom. The molecule has 19 heavy (non-hydrogen) atoms. The van der Waals surface area contributed by atoms with Crippen molar-refractivity contribution >= 4 is 0 Å². The van der Waals surface area contributed by atoms with Crippen molar-refractivity contribution in [2.24, 2.45) is 5.73 Å². The molecule has 0 bridgehead atoms. The topological polar surface area (TPSA) is 48.1 Å². The summed E-state index contributed by atoms with van der Waals surface area (Å²) in [6.07, 6.45) is 2.48. The Labute approximate surface area is 112 Å². The fourth-order valence-corrected chi connectivity index (χ4v) is 1.83. The van der Waals surface area contributed by atoms with Gasteiger partial charge >= 0.3 is 0 Å². The summed E-state index contributed by atoms with van der Waals surface area (Å²) < 4.78 is 19.4. The first-order valence-electron chi connectivity index (χ1n) is 6.20. The molecule has 3 nitrogen and oxygen atoms in total. The lowest BCUT2D eigenvalue weighted by Gasteiger charge is -2.10. The summed E-state index contributed by atoms with van der Waals surface area (Å²) in [6, 6.07) is 7.01. The molecule has 0 unspecified atom stereocenters. The SMILES string of the molecule is Cc1cc(CCN)cnc1Oc1cccc(C)c1F. The maximum Gasteiger partial charge on any atom is 0.222 e. The maximum atomic E-state index is 13.8. The lowest BCUT2D eigenvalue weighted by atomic mass is 10.1. The van der Waals surface area contributed by atoms with Gasteiger partial charge in [0, 0.05) is 11.8 Å². The minimum absolute atomic E-state index is 0.196. The number of hydrogen-bond acceptors (Lipinski definition) is 3. The first-order valence-corrected chi connectivity index (χ1v) is 6.20. The molecular formula is C15H17FN2O. The van der Waals surface area contributed by atoms with Crippen LogP contribution in [0.1, 0.15) is 16.7 Å². The Morgan fingerprint density at radius 1 is 1.26 bits per heavy atom. The zero-order valence-electron chi connectivity index (χ0n) is 11.1. The average molecular weight is 260 g/mol. The molecule has 0 amide bonds. The summed E-state index contributed by atoms with van der Waals surface area (Å²) >= 11 is 0. The van der Waals surface area contributed by atoms with Crippen molar-refractivity contribution in [1.29, 1.82) is 0 Å². The molecule has 0 saturated carbocycles. The number of benzene rings is 1. The van der Waals surface area contributed by atoms with Crippen molar-refractivity contribution in [3.63, 3.8) is 0 Å². The lowest BCUT2D eigenvalue weighted by Crippen LogP contribution is -2.04. The molecule has 1 aromatic carbocycles. The second kappa shape index (κ2) is 5.80. The number of aryl methyl sites for hydroxylation is 2. The van der Waals surface area contributed by atoms with Crippen molar-refractivity contribution in [2.45, 2.75) is 20.3 Å². The molecular weight excluding hydrogens is 243 g/mol. The van der Waals surface area contributed by atoms with E-state index >= 15 is 0 Å². The molecule has 0 aliphatic rings. The van der Waals surface area contributed by atoms with E-state index in [9.17, 15) is 4.39 Å². The van der Waals surface area contributed by atoms with Crippen LogP contribution in [-0.2, 0) is 6.42 Å². The highest BCUT2D eigenvalue weighted by Gasteiger charge is 2.10. The normalized spacial score (nSPS) is 10.5. The van der Waals surface area contributed by atoms with Crippen LogP contribution < -0.4 is 10.5 Å². The van der Waals surface area contributed by atoms with Crippen molar-refractivity contribution in [3.05, 3.63) is 53.0 Å². The van der Waals surface area contributed by atoms with Gasteiger partial charge in [-0.15, -0.1) is 0 Å². The van der Waals surface area contributed by atoms with Gasteiger partial charge in [0.25, 0.3) is 0 Å². The lowest BCUT2D eigenvalue weighted by molar-refractivity contribution is 0.422. The minimum Gasteiger partial charge on any atom is -0.436 e. The quantitative estimate of drug-likeness (QED) is 0.918. The molecule has 0 radical (unpaired) electrons. The first kappa shape index (κ1) is 13.5. The largest absolute Gasteiger partial charge is 0.436 e. The van der Waals surface area contributed by atoms with Crippen LogP contribution in [0.4, 0.5) is 4.39 Å². The summed E-state index contributed by atoms with van der Waals surface area (Å²) in [7, 11) is 0. The molecule has 0 atom stereocenters. The second-order valence-electron chi connectivity index (χ2n) is 4.49. The Bertz CT molecular complexity index is 584.